The quantitative estimate of drug-likeness (QED) is 0.805. The maximum Gasteiger partial charge on any atom is 0.187 e. The molecule has 1 aliphatic heterocycles. The largest absolute Gasteiger partial charge is 0.373 e. The Balaban J connectivity index is 1.83. The van der Waals surface area contributed by atoms with Gasteiger partial charge in [-0.15, -0.1) is 0 Å². The van der Waals surface area contributed by atoms with Crippen LogP contribution in [-0.4, -0.2) is 17.4 Å². The van der Waals surface area contributed by atoms with Gasteiger partial charge in [0.25, 0.3) is 0 Å². The molecule has 3 rings (SSSR count). The molecular formula is C16H14FNO2. The molecule has 1 atom stereocenters. The van der Waals surface area contributed by atoms with Crippen LogP contribution >= 0.6 is 0 Å². The molecule has 0 radical (unpaired) electrons. The summed E-state index contributed by atoms with van der Waals surface area (Å²) >= 11 is 0. The third-order valence-electron chi connectivity index (χ3n) is 3.49. The first-order valence-corrected chi connectivity index (χ1v) is 6.59. The van der Waals surface area contributed by atoms with Gasteiger partial charge in [-0.3, -0.25) is 9.78 Å². The van der Waals surface area contributed by atoms with Crippen molar-refractivity contribution in [3.05, 3.63) is 65.2 Å². The molecule has 1 aromatic heterocycles. The number of ether oxygens (including phenoxy) is 1. The van der Waals surface area contributed by atoms with E-state index >= 15 is 0 Å². The Morgan fingerprint density at radius 2 is 2.15 bits per heavy atom. The van der Waals surface area contributed by atoms with Gasteiger partial charge in [-0.05, 0) is 29.7 Å². The molecular weight excluding hydrogens is 257 g/mol. The van der Waals surface area contributed by atoms with Crippen LogP contribution in [0, 0.1) is 5.82 Å². The highest BCUT2D eigenvalue weighted by Gasteiger charge is 2.25. The molecule has 1 aromatic carbocycles. The Bertz CT molecular complexity index is 642. The number of ketones is 1. The van der Waals surface area contributed by atoms with Gasteiger partial charge in [0.15, 0.2) is 11.6 Å². The summed E-state index contributed by atoms with van der Waals surface area (Å²) in [5, 5.41) is 0. The van der Waals surface area contributed by atoms with Gasteiger partial charge in [0.2, 0.25) is 0 Å². The summed E-state index contributed by atoms with van der Waals surface area (Å²) in [4.78, 5) is 16.0. The predicted molar refractivity (Wildman–Crippen MR) is 72.0 cm³/mol. The smallest absolute Gasteiger partial charge is 0.187 e. The lowest BCUT2D eigenvalue weighted by atomic mass is 9.94. The number of pyridine rings is 1. The Morgan fingerprint density at radius 3 is 3.00 bits per heavy atom. The van der Waals surface area contributed by atoms with Crippen LogP contribution < -0.4 is 0 Å². The topological polar surface area (TPSA) is 39.2 Å². The number of hydrogen-bond acceptors (Lipinski definition) is 3. The molecule has 20 heavy (non-hydrogen) atoms. The first kappa shape index (κ1) is 12.9. The monoisotopic (exact) mass is 271 g/mol. The van der Waals surface area contributed by atoms with Crippen molar-refractivity contribution in [2.45, 2.75) is 18.9 Å². The van der Waals surface area contributed by atoms with Crippen molar-refractivity contribution in [1.29, 1.82) is 0 Å². The lowest BCUT2D eigenvalue weighted by Gasteiger charge is -2.25. The van der Waals surface area contributed by atoms with Crippen LogP contribution in [0.3, 0.4) is 0 Å². The molecule has 3 nitrogen and oxygen atoms in total. The highest BCUT2D eigenvalue weighted by Crippen LogP contribution is 2.30. The molecule has 4 heteroatoms. The van der Waals surface area contributed by atoms with Crippen LogP contribution in [0.25, 0.3) is 0 Å². The van der Waals surface area contributed by atoms with E-state index in [0.29, 0.717) is 6.61 Å². The number of halogens is 1. The van der Waals surface area contributed by atoms with Crippen molar-refractivity contribution < 1.29 is 13.9 Å². The molecule has 0 amide bonds. The van der Waals surface area contributed by atoms with Crippen LogP contribution in [0.4, 0.5) is 4.39 Å². The molecule has 0 aliphatic carbocycles. The molecule has 0 spiro atoms. The number of nitrogens with zero attached hydrogens (tertiary/aromatic N) is 1. The van der Waals surface area contributed by atoms with Gasteiger partial charge in [-0.25, -0.2) is 4.39 Å². The van der Waals surface area contributed by atoms with Gasteiger partial charge in [-0.2, -0.15) is 0 Å². The van der Waals surface area contributed by atoms with Crippen LogP contribution in [-0.2, 0) is 11.2 Å². The van der Waals surface area contributed by atoms with Crippen molar-refractivity contribution in [1.82, 2.24) is 4.98 Å². The summed E-state index contributed by atoms with van der Waals surface area (Å²) in [5.74, 6) is -0.911. The second-order valence-corrected chi connectivity index (χ2v) is 4.77. The summed E-state index contributed by atoms with van der Waals surface area (Å²) in [6, 6.07) is 10.6. The summed E-state index contributed by atoms with van der Waals surface area (Å²) in [6.45, 7) is 0.583. The van der Waals surface area contributed by atoms with Crippen LogP contribution in [0.15, 0.2) is 42.6 Å². The van der Waals surface area contributed by atoms with Gasteiger partial charge in [0.05, 0.1) is 12.7 Å². The van der Waals surface area contributed by atoms with E-state index in [1.807, 2.05) is 24.3 Å². The summed E-state index contributed by atoms with van der Waals surface area (Å²) in [6.07, 6.45) is 2.07. The molecule has 0 fully saturated rings. The second kappa shape index (κ2) is 5.51. The zero-order valence-corrected chi connectivity index (χ0v) is 10.9. The van der Waals surface area contributed by atoms with Gasteiger partial charge >= 0.3 is 0 Å². The minimum absolute atomic E-state index is 0.112. The maximum atomic E-state index is 13.6. The number of benzene rings is 1. The molecule has 0 saturated carbocycles. The number of carbonyl (C=O) groups excluding carboxylic acids is 1. The lowest BCUT2D eigenvalue weighted by molar-refractivity contribution is 0.0349. The Labute approximate surface area is 116 Å². The number of carbonyl (C=O) groups is 1. The fourth-order valence-corrected chi connectivity index (χ4v) is 2.50. The summed E-state index contributed by atoms with van der Waals surface area (Å²) < 4.78 is 19.2. The van der Waals surface area contributed by atoms with E-state index in [1.165, 1.54) is 23.9 Å². The normalized spacial score (nSPS) is 17.6. The molecule has 2 heterocycles. The summed E-state index contributed by atoms with van der Waals surface area (Å²) in [7, 11) is 0. The fourth-order valence-electron chi connectivity index (χ4n) is 2.50. The first-order valence-electron chi connectivity index (χ1n) is 6.59. The minimum Gasteiger partial charge on any atom is -0.373 e. The van der Waals surface area contributed by atoms with Crippen molar-refractivity contribution in [2.24, 2.45) is 0 Å². The van der Waals surface area contributed by atoms with E-state index in [0.717, 1.165) is 12.0 Å². The predicted octanol–water partition coefficient (Wildman–Crippen LogP) is 3.11. The van der Waals surface area contributed by atoms with Gasteiger partial charge in [-0.1, -0.05) is 24.3 Å². The fraction of sp³-hybridized carbons (Fsp3) is 0.250. The van der Waals surface area contributed by atoms with E-state index in [-0.39, 0.29) is 24.0 Å². The molecule has 102 valence electrons. The van der Waals surface area contributed by atoms with E-state index in [4.69, 9.17) is 4.74 Å². The third-order valence-corrected chi connectivity index (χ3v) is 3.49. The average Bonchev–Trinajstić information content (AvgIpc) is 2.48. The van der Waals surface area contributed by atoms with Crippen molar-refractivity contribution in [3.63, 3.8) is 0 Å². The number of Topliss-reactive ketones (excluding diaryl/α,β-unsaturated/α-hetero) is 1. The standard InChI is InChI=1S/C16H14FNO2/c17-13-6-3-8-18-16(13)14(19)10-15-12-5-2-1-4-11(12)7-9-20-15/h1-6,8,15H,7,9-10H2. The van der Waals surface area contributed by atoms with Gasteiger partial charge in [0, 0.05) is 12.6 Å². The molecule has 1 unspecified atom stereocenters. The third kappa shape index (κ3) is 2.47. The number of aromatic nitrogens is 1. The lowest BCUT2D eigenvalue weighted by Crippen LogP contribution is -2.20. The number of rotatable bonds is 3. The molecule has 0 saturated heterocycles. The Morgan fingerprint density at radius 1 is 1.30 bits per heavy atom. The number of hydrogen-bond donors (Lipinski definition) is 0. The number of fused-ring (bicyclic) bond motifs is 1. The van der Waals surface area contributed by atoms with Crippen molar-refractivity contribution in [2.75, 3.05) is 6.61 Å². The highest BCUT2D eigenvalue weighted by atomic mass is 19.1. The molecule has 1 aliphatic rings. The highest BCUT2D eigenvalue weighted by molar-refractivity contribution is 5.94. The van der Waals surface area contributed by atoms with E-state index in [2.05, 4.69) is 4.98 Å². The zero-order chi connectivity index (χ0) is 13.9. The van der Waals surface area contributed by atoms with Crippen LogP contribution in [0.2, 0.25) is 0 Å². The minimum atomic E-state index is -0.582. The Hall–Kier alpha value is -2.07. The van der Waals surface area contributed by atoms with Gasteiger partial charge < -0.3 is 4.74 Å². The van der Waals surface area contributed by atoms with E-state index in [1.54, 1.807) is 0 Å². The van der Waals surface area contributed by atoms with Crippen molar-refractivity contribution in [3.8, 4) is 0 Å². The Kier molecular flexibility index (Phi) is 3.56. The summed E-state index contributed by atoms with van der Waals surface area (Å²) in [5.41, 5.74) is 2.10. The molecule has 0 N–H and O–H groups in total. The van der Waals surface area contributed by atoms with Crippen LogP contribution in [0.5, 0.6) is 0 Å². The molecule has 2 aromatic rings. The maximum absolute atomic E-state index is 13.6. The van der Waals surface area contributed by atoms with Gasteiger partial charge in [0.1, 0.15) is 5.69 Å². The van der Waals surface area contributed by atoms with E-state index in [9.17, 15) is 9.18 Å². The van der Waals surface area contributed by atoms with Crippen LogP contribution in [0.1, 0.15) is 34.1 Å². The second-order valence-electron chi connectivity index (χ2n) is 4.77. The average molecular weight is 271 g/mol. The first-order chi connectivity index (χ1) is 9.75. The molecule has 0 bridgehead atoms. The zero-order valence-electron chi connectivity index (χ0n) is 10.9. The van der Waals surface area contributed by atoms with Crippen molar-refractivity contribution >= 4 is 5.78 Å². The van der Waals surface area contributed by atoms with E-state index < -0.39 is 5.82 Å². The SMILES string of the molecule is O=C(CC1OCCc2ccccc21)c1ncccc1F.